The van der Waals surface area contributed by atoms with Crippen LogP contribution in [0.4, 0.5) is 4.39 Å². The Bertz CT molecular complexity index is 647. The number of carbonyl (C=O) groups is 1. The molecule has 0 aliphatic rings. The van der Waals surface area contributed by atoms with Gasteiger partial charge in [0.2, 0.25) is 0 Å². The number of carboxylic acids is 1. The van der Waals surface area contributed by atoms with Gasteiger partial charge in [-0.05, 0) is 44.2 Å². The van der Waals surface area contributed by atoms with E-state index >= 15 is 0 Å². The predicted molar refractivity (Wildman–Crippen MR) is 73.7 cm³/mol. The largest absolute Gasteiger partial charge is 0.494 e. The third kappa shape index (κ3) is 2.39. The molecular weight excluding hydrogens is 261 g/mol. The predicted octanol–water partition coefficient (Wildman–Crippen LogP) is 3.58. The van der Waals surface area contributed by atoms with Crippen molar-refractivity contribution < 1.29 is 19.0 Å². The Hall–Kier alpha value is -2.30. The summed E-state index contributed by atoms with van der Waals surface area (Å²) in [7, 11) is 1.40. The standard InChI is InChI=1S/C15H16FNO3/c1-9(2)17-12(5-6-13(17)15(18)19)10-4-7-14(20-3)11(16)8-10/h4-9H,1-3H3,(H,18,19). The summed E-state index contributed by atoms with van der Waals surface area (Å²) in [6.45, 7) is 3.77. The van der Waals surface area contributed by atoms with Gasteiger partial charge in [-0.25, -0.2) is 9.18 Å². The van der Waals surface area contributed by atoms with Gasteiger partial charge in [0.25, 0.3) is 0 Å². The highest BCUT2D eigenvalue weighted by Gasteiger charge is 2.18. The van der Waals surface area contributed by atoms with Gasteiger partial charge in [0.15, 0.2) is 11.6 Å². The van der Waals surface area contributed by atoms with Crippen LogP contribution in [0.3, 0.4) is 0 Å². The van der Waals surface area contributed by atoms with E-state index in [4.69, 9.17) is 4.74 Å². The van der Waals surface area contributed by atoms with Crippen molar-refractivity contribution in [3.63, 3.8) is 0 Å². The molecular formula is C15H16FNO3. The second-order valence-electron chi connectivity index (χ2n) is 4.72. The van der Waals surface area contributed by atoms with Crippen molar-refractivity contribution in [1.29, 1.82) is 0 Å². The third-order valence-electron chi connectivity index (χ3n) is 3.10. The lowest BCUT2D eigenvalue weighted by Gasteiger charge is -2.16. The quantitative estimate of drug-likeness (QED) is 0.929. The molecule has 0 unspecified atom stereocenters. The minimum atomic E-state index is -1.00. The summed E-state index contributed by atoms with van der Waals surface area (Å²) in [5.41, 5.74) is 1.47. The molecule has 4 nitrogen and oxygen atoms in total. The number of aromatic nitrogens is 1. The van der Waals surface area contributed by atoms with Crippen LogP contribution >= 0.6 is 0 Å². The van der Waals surface area contributed by atoms with Crippen LogP contribution in [0.1, 0.15) is 30.4 Å². The van der Waals surface area contributed by atoms with Crippen LogP contribution < -0.4 is 4.74 Å². The highest BCUT2D eigenvalue weighted by atomic mass is 19.1. The fourth-order valence-electron chi connectivity index (χ4n) is 2.24. The Morgan fingerprint density at radius 2 is 2.00 bits per heavy atom. The number of hydrogen-bond acceptors (Lipinski definition) is 2. The second kappa shape index (κ2) is 5.36. The average Bonchev–Trinajstić information content (AvgIpc) is 2.83. The zero-order chi connectivity index (χ0) is 14.9. The molecule has 106 valence electrons. The molecule has 2 aromatic rings. The molecule has 5 heteroatoms. The molecule has 1 aromatic carbocycles. The van der Waals surface area contributed by atoms with E-state index in [0.29, 0.717) is 11.3 Å². The molecule has 0 bridgehead atoms. The Morgan fingerprint density at radius 1 is 1.30 bits per heavy atom. The lowest BCUT2D eigenvalue weighted by Crippen LogP contribution is -2.11. The van der Waals surface area contributed by atoms with E-state index in [-0.39, 0.29) is 17.5 Å². The molecule has 0 saturated carbocycles. The van der Waals surface area contributed by atoms with E-state index in [2.05, 4.69) is 0 Å². The fourth-order valence-corrected chi connectivity index (χ4v) is 2.24. The summed E-state index contributed by atoms with van der Waals surface area (Å²) >= 11 is 0. The smallest absolute Gasteiger partial charge is 0.352 e. The van der Waals surface area contributed by atoms with Gasteiger partial charge in [0.1, 0.15) is 5.69 Å². The van der Waals surface area contributed by atoms with E-state index in [1.807, 2.05) is 13.8 Å². The van der Waals surface area contributed by atoms with E-state index < -0.39 is 11.8 Å². The van der Waals surface area contributed by atoms with Gasteiger partial charge in [-0.2, -0.15) is 0 Å². The minimum absolute atomic E-state index is 0.0451. The zero-order valence-electron chi connectivity index (χ0n) is 11.6. The van der Waals surface area contributed by atoms with Gasteiger partial charge in [-0.3, -0.25) is 0 Å². The summed E-state index contributed by atoms with van der Waals surface area (Å²) in [6, 6.07) is 7.75. The Balaban J connectivity index is 2.58. The molecule has 2 rings (SSSR count). The van der Waals surface area contributed by atoms with Crippen molar-refractivity contribution in [2.24, 2.45) is 0 Å². The first-order valence-electron chi connectivity index (χ1n) is 6.24. The number of carboxylic acid groups (broad SMARTS) is 1. The van der Waals surface area contributed by atoms with Gasteiger partial charge >= 0.3 is 5.97 Å². The Kier molecular flexibility index (Phi) is 3.79. The summed E-state index contributed by atoms with van der Waals surface area (Å²) < 4.78 is 20.3. The van der Waals surface area contributed by atoms with Crippen LogP contribution in [0.5, 0.6) is 5.75 Å². The summed E-state index contributed by atoms with van der Waals surface area (Å²) in [5.74, 6) is -1.31. The summed E-state index contributed by atoms with van der Waals surface area (Å²) in [4.78, 5) is 11.2. The molecule has 0 atom stereocenters. The maximum atomic E-state index is 13.8. The van der Waals surface area contributed by atoms with Crippen molar-refractivity contribution in [2.75, 3.05) is 7.11 Å². The highest BCUT2D eigenvalue weighted by molar-refractivity contribution is 5.87. The van der Waals surface area contributed by atoms with Crippen molar-refractivity contribution in [3.8, 4) is 17.0 Å². The molecule has 20 heavy (non-hydrogen) atoms. The molecule has 0 spiro atoms. The molecule has 1 heterocycles. The molecule has 1 N–H and O–H groups in total. The number of methoxy groups -OCH3 is 1. The van der Waals surface area contributed by atoms with Crippen LogP contribution in [0, 0.1) is 5.82 Å². The number of rotatable bonds is 4. The van der Waals surface area contributed by atoms with Crippen LogP contribution in [0.25, 0.3) is 11.3 Å². The number of benzene rings is 1. The second-order valence-corrected chi connectivity index (χ2v) is 4.72. The molecule has 0 radical (unpaired) electrons. The third-order valence-corrected chi connectivity index (χ3v) is 3.10. The first-order valence-corrected chi connectivity index (χ1v) is 6.24. The molecule has 0 amide bonds. The van der Waals surface area contributed by atoms with E-state index in [9.17, 15) is 14.3 Å². The Labute approximate surface area is 116 Å². The first kappa shape index (κ1) is 14.1. The van der Waals surface area contributed by atoms with Crippen LogP contribution in [0.15, 0.2) is 30.3 Å². The first-order chi connectivity index (χ1) is 9.45. The molecule has 1 aromatic heterocycles. The van der Waals surface area contributed by atoms with E-state index in [1.54, 1.807) is 16.7 Å². The number of ether oxygens (including phenoxy) is 1. The molecule has 0 aliphatic carbocycles. The molecule has 0 saturated heterocycles. The fraction of sp³-hybridized carbons (Fsp3) is 0.267. The molecule has 0 fully saturated rings. The zero-order valence-corrected chi connectivity index (χ0v) is 11.6. The maximum Gasteiger partial charge on any atom is 0.352 e. The van der Waals surface area contributed by atoms with Gasteiger partial charge < -0.3 is 14.4 Å². The van der Waals surface area contributed by atoms with Crippen molar-refractivity contribution >= 4 is 5.97 Å². The highest BCUT2D eigenvalue weighted by Crippen LogP contribution is 2.29. The van der Waals surface area contributed by atoms with Gasteiger partial charge in [0.05, 0.1) is 7.11 Å². The van der Waals surface area contributed by atoms with Crippen LogP contribution in [-0.4, -0.2) is 22.8 Å². The lowest BCUT2D eigenvalue weighted by molar-refractivity contribution is 0.0683. The summed E-state index contributed by atoms with van der Waals surface area (Å²) in [6.07, 6.45) is 0. The van der Waals surface area contributed by atoms with Gasteiger partial charge in [0, 0.05) is 17.3 Å². The van der Waals surface area contributed by atoms with Crippen LogP contribution in [0.2, 0.25) is 0 Å². The van der Waals surface area contributed by atoms with Crippen LogP contribution in [-0.2, 0) is 0 Å². The maximum absolute atomic E-state index is 13.8. The van der Waals surface area contributed by atoms with Crippen molar-refractivity contribution in [3.05, 3.63) is 41.8 Å². The average molecular weight is 277 g/mol. The topological polar surface area (TPSA) is 51.5 Å². The van der Waals surface area contributed by atoms with Gasteiger partial charge in [-0.15, -0.1) is 0 Å². The van der Waals surface area contributed by atoms with Crippen molar-refractivity contribution in [2.45, 2.75) is 19.9 Å². The monoisotopic (exact) mass is 277 g/mol. The molecule has 0 aliphatic heterocycles. The van der Waals surface area contributed by atoms with E-state index in [0.717, 1.165) is 0 Å². The van der Waals surface area contributed by atoms with Crippen molar-refractivity contribution in [1.82, 2.24) is 4.57 Å². The normalized spacial score (nSPS) is 10.8. The van der Waals surface area contributed by atoms with E-state index in [1.165, 1.54) is 25.3 Å². The lowest BCUT2D eigenvalue weighted by atomic mass is 10.1. The Morgan fingerprint density at radius 3 is 2.50 bits per heavy atom. The number of aromatic carboxylic acids is 1. The summed E-state index contributed by atoms with van der Waals surface area (Å²) in [5, 5.41) is 9.20. The SMILES string of the molecule is COc1ccc(-c2ccc(C(=O)O)n2C(C)C)cc1F. The minimum Gasteiger partial charge on any atom is -0.494 e. The number of hydrogen-bond donors (Lipinski definition) is 1. The number of nitrogens with zero attached hydrogens (tertiary/aromatic N) is 1. The van der Waals surface area contributed by atoms with Gasteiger partial charge in [-0.1, -0.05) is 0 Å². The number of halogens is 1.